The molecular formula is C15H20ClNO4. The summed E-state index contributed by atoms with van der Waals surface area (Å²) in [5.74, 6) is -1.02. The predicted octanol–water partition coefficient (Wildman–Crippen LogP) is 3.55. The summed E-state index contributed by atoms with van der Waals surface area (Å²) >= 11 is 5.83. The molecule has 0 aliphatic carbocycles. The van der Waals surface area contributed by atoms with Crippen molar-refractivity contribution in [2.75, 3.05) is 0 Å². The van der Waals surface area contributed by atoms with E-state index in [-0.39, 0.29) is 6.42 Å². The molecule has 1 aromatic rings. The molecule has 0 aliphatic heterocycles. The Kier molecular flexibility index (Phi) is 5.23. The van der Waals surface area contributed by atoms with E-state index in [1.54, 1.807) is 52.0 Å². The quantitative estimate of drug-likeness (QED) is 0.891. The van der Waals surface area contributed by atoms with Crippen molar-refractivity contribution in [3.05, 3.63) is 34.9 Å². The SMILES string of the molecule is CC(C)(C)OC(=O)NC(C)(CC(=O)O)c1ccc(Cl)cc1. The highest BCUT2D eigenvalue weighted by Gasteiger charge is 2.33. The maximum absolute atomic E-state index is 11.9. The highest BCUT2D eigenvalue weighted by molar-refractivity contribution is 6.30. The smallest absolute Gasteiger partial charge is 0.408 e. The topological polar surface area (TPSA) is 75.6 Å². The zero-order valence-corrected chi connectivity index (χ0v) is 13.3. The summed E-state index contributed by atoms with van der Waals surface area (Å²) in [7, 11) is 0. The number of amides is 1. The summed E-state index contributed by atoms with van der Waals surface area (Å²) < 4.78 is 5.19. The highest BCUT2D eigenvalue weighted by atomic mass is 35.5. The molecule has 1 amide bonds. The molecule has 5 nitrogen and oxygen atoms in total. The van der Waals surface area contributed by atoms with E-state index < -0.39 is 23.2 Å². The van der Waals surface area contributed by atoms with Crippen LogP contribution < -0.4 is 5.32 Å². The van der Waals surface area contributed by atoms with Gasteiger partial charge >= 0.3 is 12.1 Å². The van der Waals surface area contributed by atoms with E-state index >= 15 is 0 Å². The average molecular weight is 314 g/mol. The largest absolute Gasteiger partial charge is 0.481 e. The second-order valence-electron chi connectivity index (χ2n) is 6.04. The van der Waals surface area contributed by atoms with Crippen molar-refractivity contribution in [1.29, 1.82) is 0 Å². The number of aliphatic carboxylic acids is 1. The van der Waals surface area contributed by atoms with E-state index in [0.717, 1.165) is 0 Å². The van der Waals surface area contributed by atoms with Gasteiger partial charge in [-0.25, -0.2) is 4.79 Å². The number of carboxylic acids is 1. The molecule has 0 saturated carbocycles. The minimum atomic E-state index is -1.08. The van der Waals surface area contributed by atoms with Gasteiger partial charge < -0.3 is 15.2 Å². The first-order valence-corrected chi connectivity index (χ1v) is 6.89. The van der Waals surface area contributed by atoms with Gasteiger partial charge in [0, 0.05) is 5.02 Å². The number of rotatable bonds is 4. The molecule has 0 saturated heterocycles. The van der Waals surface area contributed by atoms with Crippen LogP contribution in [0, 0.1) is 0 Å². The van der Waals surface area contributed by atoms with Crippen LogP contribution in [-0.4, -0.2) is 22.8 Å². The standard InChI is InChI=1S/C15H20ClNO4/c1-14(2,3)21-13(20)17-15(4,9-12(18)19)10-5-7-11(16)8-6-10/h5-8H,9H2,1-4H3,(H,17,20)(H,18,19). The Hall–Kier alpha value is -1.75. The number of hydrogen-bond acceptors (Lipinski definition) is 3. The number of benzene rings is 1. The lowest BCUT2D eigenvalue weighted by atomic mass is 9.89. The fourth-order valence-corrected chi connectivity index (χ4v) is 1.99. The Labute approximate surface area is 129 Å². The van der Waals surface area contributed by atoms with Crippen molar-refractivity contribution in [3.8, 4) is 0 Å². The Morgan fingerprint density at radius 1 is 1.19 bits per heavy atom. The van der Waals surface area contributed by atoms with E-state index in [0.29, 0.717) is 10.6 Å². The lowest BCUT2D eigenvalue weighted by molar-refractivity contribution is -0.138. The number of carbonyl (C=O) groups is 2. The maximum Gasteiger partial charge on any atom is 0.408 e. The van der Waals surface area contributed by atoms with E-state index in [2.05, 4.69) is 5.32 Å². The van der Waals surface area contributed by atoms with Gasteiger partial charge in [0.1, 0.15) is 5.60 Å². The molecule has 0 aromatic heterocycles. The third-order valence-electron chi connectivity index (χ3n) is 2.76. The van der Waals surface area contributed by atoms with Crippen molar-refractivity contribution < 1.29 is 19.4 Å². The number of alkyl carbamates (subject to hydrolysis) is 1. The van der Waals surface area contributed by atoms with Gasteiger partial charge in [-0.3, -0.25) is 4.79 Å². The fraction of sp³-hybridized carbons (Fsp3) is 0.467. The molecule has 0 radical (unpaired) electrons. The van der Waals surface area contributed by atoms with E-state index in [9.17, 15) is 9.59 Å². The Morgan fingerprint density at radius 2 is 1.71 bits per heavy atom. The summed E-state index contributed by atoms with van der Waals surface area (Å²) in [5.41, 5.74) is -1.10. The van der Waals surface area contributed by atoms with Crippen LogP contribution in [0.25, 0.3) is 0 Å². The second-order valence-corrected chi connectivity index (χ2v) is 6.47. The molecule has 116 valence electrons. The summed E-state index contributed by atoms with van der Waals surface area (Å²) in [6, 6.07) is 6.66. The summed E-state index contributed by atoms with van der Waals surface area (Å²) in [6.07, 6.45) is -0.936. The molecule has 0 spiro atoms. The first kappa shape index (κ1) is 17.3. The van der Waals surface area contributed by atoms with Crippen molar-refractivity contribution >= 4 is 23.7 Å². The summed E-state index contributed by atoms with van der Waals surface area (Å²) in [5, 5.41) is 12.3. The van der Waals surface area contributed by atoms with Crippen molar-refractivity contribution in [1.82, 2.24) is 5.32 Å². The molecule has 0 aliphatic rings. The molecule has 0 bridgehead atoms. The molecular weight excluding hydrogens is 294 g/mol. The fourth-order valence-electron chi connectivity index (χ4n) is 1.87. The minimum Gasteiger partial charge on any atom is -0.481 e. The van der Waals surface area contributed by atoms with Crippen LogP contribution in [0.3, 0.4) is 0 Å². The van der Waals surface area contributed by atoms with Gasteiger partial charge in [-0.1, -0.05) is 23.7 Å². The number of nitrogens with one attached hydrogen (secondary N) is 1. The number of halogens is 1. The number of ether oxygens (including phenoxy) is 1. The first-order chi connectivity index (χ1) is 9.52. The Morgan fingerprint density at radius 3 is 2.14 bits per heavy atom. The zero-order valence-electron chi connectivity index (χ0n) is 12.6. The Balaban J connectivity index is 3.01. The van der Waals surface area contributed by atoms with Gasteiger partial charge in [0.25, 0.3) is 0 Å². The molecule has 1 unspecified atom stereocenters. The summed E-state index contributed by atoms with van der Waals surface area (Å²) in [4.78, 5) is 23.0. The number of carboxylic acid groups (broad SMARTS) is 1. The van der Waals surface area contributed by atoms with Crippen LogP contribution in [-0.2, 0) is 15.1 Å². The molecule has 21 heavy (non-hydrogen) atoms. The molecule has 0 heterocycles. The van der Waals surface area contributed by atoms with Crippen LogP contribution in [0.5, 0.6) is 0 Å². The van der Waals surface area contributed by atoms with Gasteiger partial charge in [0.15, 0.2) is 0 Å². The number of hydrogen-bond donors (Lipinski definition) is 2. The van der Waals surface area contributed by atoms with Crippen LogP contribution in [0.1, 0.15) is 39.7 Å². The summed E-state index contributed by atoms with van der Waals surface area (Å²) in [6.45, 7) is 6.85. The van der Waals surface area contributed by atoms with Crippen LogP contribution >= 0.6 is 11.6 Å². The maximum atomic E-state index is 11.9. The second kappa shape index (κ2) is 6.35. The monoisotopic (exact) mass is 313 g/mol. The third-order valence-corrected chi connectivity index (χ3v) is 3.01. The van der Waals surface area contributed by atoms with Gasteiger partial charge in [0.2, 0.25) is 0 Å². The zero-order chi connectivity index (χ0) is 16.3. The van der Waals surface area contributed by atoms with Gasteiger partial charge in [-0.15, -0.1) is 0 Å². The highest BCUT2D eigenvalue weighted by Crippen LogP contribution is 2.26. The lowest BCUT2D eigenvalue weighted by Crippen LogP contribution is -2.47. The molecule has 6 heteroatoms. The van der Waals surface area contributed by atoms with Crippen LogP contribution in [0.15, 0.2) is 24.3 Å². The van der Waals surface area contributed by atoms with Crippen molar-refractivity contribution in [2.24, 2.45) is 0 Å². The normalized spacial score (nSPS) is 14.1. The molecule has 0 fully saturated rings. The number of carbonyl (C=O) groups excluding carboxylic acids is 1. The molecule has 1 atom stereocenters. The third kappa shape index (κ3) is 5.63. The minimum absolute atomic E-state index is 0.270. The average Bonchev–Trinajstić information content (AvgIpc) is 2.25. The lowest BCUT2D eigenvalue weighted by Gasteiger charge is -2.31. The van der Waals surface area contributed by atoms with Gasteiger partial charge in [-0.05, 0) is 45.4 Å². The van der Waals surface area contributed by atoms with Gasteiger partial charge in [0.05, 0.1) is 12.0 Å². The van der Waals surface area contributed by atoms with Crippen molar-refractivity contribution in [3.63, 3.8) is 0 Å². The van der Waals surface area contributed by atoms with E-state index in [1.165, 1.54) is 0 Å². The molecule has 2 N–H and O–H groups in total. The Bertz CT molecular complexity index is 521. The van der Waals surface area contributed by atoms with Gasteiger partial charge in [-0.2, -0.15) is 0 Å². The first-order valence-electron chi connectivity index (χ1n) is 6.51. The van der Waals surface area contributed by atoms with E-state index in [1.807, 2.05) is 0 Å². The van der Waals surface area contributed by atoms with Crippen LogP contribution in [0.4, 0.5) is 4.79 Å². The van der Waals surface area contributed by atoms with Crippen LogP contribution in [0.2, 0.25) is 5.02 Å². The molecule has 1 aromatic carbocycles. The van der Waals surface area contributed by atoms with E-state index in [4.69, 9.17) is 21.4 Å². The predicted molar refractivity (Wildman–Crippen MR) is 80.4 cm³/mol. The van der Waals surface area contributed by atoms with Crippen molar-refractivity contribution in [2.45, 2.75) is 45.3 Å². The molecule has 1 rings (SSSR count).